The Bertz CT molecular complexity index is 776. The number of hydrogen-bond donors (Lipinski definition) is 3. The largest absolute Gasteiger partial charge is 0.506 e. The van der Waals surface area contributed by atoms with Crippen LogP contribution in [-0.4, -0.2) is 20.6 Å². The Morgan fingerprint density at radius 3 is 2.81 bits per heavy atom. The number of hydrogen-bond acceptors (Lipinski definition) is 4. The minimum absolute atomic E-state index is 0.0184. The molecule has 2 aromatic rings. The third-order valence-electron chi connectivity index (χ3n) is 2.90. The number of aryl methyl sites for hydroxylation is 2. The summed E-state index contributed by atoms with van der Waals surface area (Å²) in [7, 11) is 0. The van der Waals surface area contributed by atoms with Crippen LogP contribution in [0, 0.1) is 6.92 Å². The van der Waals surface area contributed by atoms with E-state index in [1.165, 1.54) is 22.9 Å². The molecule has 1 aromatic carbocycles. The predicted octanol–water partition coefficient (Wildman–Crippen LogP) is 0.579. The third kappa shape index (κ3) is 3.82. The Balaban J connectivity index is 2.00. The lowest BCUT2D eigenvalue weighted by atomic mass is 10.2. The highest BCUT2D eigenvalue weighted by atomic mass is 16.3. The van der Waals surface area contributed by atoms with Crippen molar-refractivity contribution < 1.29 is 9.90 Å². The summed E-state index contributed by atoms with van der Waals surface area (Å²) in [5.74, 6) is -0.357. The van der Waals surface area contributed by atoms with E-state index < -0.39 is 11.2 Å². The summed E-state index contributed by atoms with van der Waals surface area (Å²) in [6, 6.07) is 6.09. The second kappa shape index (κ2) is 6.08. The Morgan fingerprint density at radius 2 is 2.10 bits per heavy atom. The van der Waals surface area contributed by atoms with Crippen molar-refractivity contribution in [3.05, 3.63) is 56.9 Å². The van der Waals surface area contributed by atoms with Gasteiger partial charge in [-0.15, -0.1) is 0 Å². The molecule has 110 valence electrons. The number of carbonyl (C=O) groups is 1. The SMILES string of the molecule is Cc1ccc(O)c(NC(=O)CCn2ccc(=O)[nH]c2=O)c1. The van der Waals surface area contributed by atoms with Crippen molar-refractivity contribution in [2.24, 2.45) is 0 Å². The molecule has 7 nitrogen and oxygen atoms in total. The van der Waals surface area contributed by atoms with Crippen molar-refractivity contribution in [3.8, 4) is 5.75 Å². The maximum atomic E-state index is 11.8. The number of phenols is 1. The molecule has 0 atom stereocenters. The number of amides is 1. The van der Waals surface area contributed by atoms with Gasteiger partial charge in [0.15, 0.2) is 0 Å². The molecule has 0 spiro atoms. The molecule has 0 saturated carbocycles. The summed E-state index contributed by atoms with van der Waals surface area (Å²) in [6.07, 6.45) is 1.37. The van der Waals surface area contributed by atoms with Gasteiger partial charge in [-0.05, 0) is 24.6 Å². The summed E-state index contributed by atoms with van der Waals surface area (Å²) in [5, 5.41) is 12.2. The van der Waals surface area contributed by atoms with E-state index in [2.05, 4.69) is 10.3 Å². The number of nitrogens with one attached hydrogen (secondary N) is 2. The Hall–Kier alpha value is -2.83. The number of aromatic hydroxyl groups is 1. The predicted molar refractivity (Wildman–Crippen MR) is 77.4 cm³/mol. The second-order valence-electron chi connectivity index (χ2n) is 4.62. The quantitative estimate of drug-likeness (QED) is 0.716. The van der Waals surface area contributed by atoms with Gasteiger partial charge in [0.1, 0.15) is 5.75 Å². The van der Waals surface area contributed by atoms with E-state index in [9.17, 15) is 19.5 Å². The average molecular weight is 289 g/mol. The second-order valence-corrected chi connectivity index (χ2v) is 4.62. The number of rotatable bonds is 4. The highest BCUT2D eigenvalue weighted by molar-refractivity contribution is 5.92. The van der Waals surface area contributed by atoms with Gasteiger partial charge in [-0.1, -0.05) is 6.07 Å². The van der Waals surface area contributed by atoms with Crippen LogP contribution in [0.2, 0.25) is 0 Å². The maximum Gasteiger partial charge on any atom is 0.328 e. The zero-order valence-electron chi connectivity index (χ0n) is 11.4. The molecule has 0 aliphatic heterocycles. The number of anilines is 1. The van der Waals surface area contributed by atoms with Gasteiger partial charge in [-0.3, -0.25) is 14.6 Å². The third-order valence-corrected chi connectivity index (χ3v) is 2.90. The molecule has 0 unspecified atom stereocenters. The van der Waals surface area contributed by atoms with Crippen LogP contribution in [0.1, 0.15) is 12.0 Å². The molecule has 1 heterocycles. The molecule has 1 aromatic heterocycles. The van der Waals surface area contributed by atoms with Crippen LogP contribution >= 0.6 is 0 Å². The molecule has 0 aliphatic rings. The average Bonchev–Trinajstić information content (AvgIpc) is 2.42. The van der Waals surface area contributed by atoms with Crippen LogP contribution in [0.4, 0.5) is 5.69 Å². The first-order valence-electron chi connectivity index (χ1n) is 6.35. The molecule has 1 amide bonds. The highest BCUT2D eigenvalue weighted by Gasteiger charge is 2.07. The summed E-state index contributed by atoms with van der Waals surface area (Å²) >= 11 is 0. The molecule has 7 heteroatoms. The van der Waals surface area contributed by atoms with Crippen molar-refractivity contribution in [2.75, 3.05) is 5.32 Å². The lowest BCUT2D eigenvalue weighted by Crippen LogP contribution is -2.29. The fourth-order valence-electron chi connectivity index (χ4n) is 1.81. The van der Waals surface area contributed by atoms with Crippen molar-refractivity contribution >= 4 is 11.6 Å². The van der Waals surface area contributed by atoms with Crippen LogP contribution in [0.3, 0.4) is 0 Å². The van der Waals surface area contributed by atoms with E-state index in [1.807, 2.05) is 6.92 Å². The minimum Gasteiger partial charge on any atom is -0.506 e. The van der Waals surface area contributed by atoms with Crippen molar-refractivity contribution in [2.45, 2.75) is 19.9 Å². The van der Waals surface area contributed by atoms with Crippen LogP contribution in [-0.2, 0) is 11.3 Å². The van der Waals surface area contributed by atoms with Crippen LogP contribution in [0.15, 0.2) is 40.1 Å². The lowest BCUT2D eigenvalue weighted by molar-refractivity contribution is -0.116. The minimum atomic E-state index is -0.561. The van der Waals surface area contributed by atoms with E-state index in [0.29, 0.717) is 5.69 Å². The smallest absolute Gasteiger partial charge is 0.328 e. The first kappa shape index (κ1) is 14.6. The Morgan fingerprint density at radius 1 is 1.33 bits per heavy atom. The zero-order chi connectivity index (χ0) is 15.4. The van der Waals surface area contributed by atoms with Gasteiger partial charge in [-0.25, -0.2) is 4.79 Å². The van der Waals surface area contributed by atoms with E-state index in [0.717, 1.165) is 5.56 Å². The Labute approximate surface area is 119 Å². The van der Waals surface area contributed by atoms with Gasteiger partial charge in [-0.2, -0.15) is 0 Å². The summed E-state index contributed by atoms with van der Waals surface area (Å²) in [4.78, 5) is 36.3. The van der Waals surface area contributed by atoms with Crippen molar-refractivity contribution in [1.29, 1.82) is 0 Å². The van der Waals surface area contributed by atoms with Gasteiger partial charge in [0.2, 0.25) is 5.91 Å². The fourth-order valence-corrected chi connectivity index (χ4v) is 1.81. The topological polar surface area (TPSA) is 104 Å². The molecule has 0 fully saturated rings. The normalized spacial score (nSPS) is 10.3. The standard InChI is InChI=1S/C14H15N3O4/c1-9-2-3-11(18)10(8-9)15-12(19)4-6-17-7-5-13(20)16-14(17)21/h2-3,5,7-8,18H,4,6H2,1H3,(H,15,19)(H,16,20,21). The van der Waals surface area contributed by atoms with Gasteiger partial charge in [0, 0.05) is 25.2 Å². The molecule has 2 rings (SSSR count). The maximum absolute atomic E-state index is 11.8. The first-order valence-corrected chi connectivity index (χ1v) is 6.35. The molecule has 21 heavy (non-hydrogen) atoms. The Kier molecular flexibility index (Phi) is 4.22. The van der Waals surface area contributed by atoms with E-state index in [-0.39, 0.29) is 24.6 Å². The number of carbonyl (C=O) groups excluding carboxylic acids is 1. The van der Waals surface area contributed by atoms with E-state index in [4.69, 9.17) is 0 Å². The molecule has 0 aliphatic carbocycles. The molecule has 0 bridgehead atoms. The molecular formula is C14H15N3O4. The number of benzene rings is 1. The van der Waals surface area contributed by atoms with Gasteiger partial charge >= 0.3 is 5.69 Å². The van der Waals surface area contributed by atoms with E-state index in [1.54, 1.807) is 12.1 Å². The molecule has 3 N–H and O–H groups in total. The molecule has 0 saturated heterocycles. The number of aromatic amines is 1. The zero-order valence-corrected chi connectivity index (χ0v) is 11.4. The number of aromatic nitrogens is 2. The number of H-pyrrole nitrogens is 1. The summed E-state index contributed by atoms with van der Waals surface area (Å²) < 4.78 is 1.23. The van der Waals surface area contributed by atoms with Crippen LogP contribution < -0.4 is 16.6 Å². The first-order chi connectivity index (χ1) is 9.95. The van der Waals surface area contributed by atoms with Gasteiger partial charge < -0.3 is 15.0 Å². The number of nitrogens with zero attached hydrogens (tertiary/aromatic N) is 1. The van der Waals surface area contributed by atoms with Crippen LogP contribution in [0.5, 0.6) is 5.75 Å². The van der Waals surface area contributed by atoms with Gasteiger partial charge in [0.25, 0.3) is 5.56 Å². The van der Waals surface area contributed by atoms with Crippen molar-refractivity contribution in [3.63, 3.8) is 0 Å². The van der Waals surface area contributed by atoms with E-state index >= 15 is 0 Å². The van der Waals surface area contributed by atoms with Crippen LogP contribution in [0.25, 0.3) is 0 Å². The lowest BCUT2D eigenvalue weighted by Gasteiger charge is -2.09. The van der Waals surface area contributed by atoms with Crippen molar-refractivity contribution in [1.82, 2.24) is 9.55 Å². The molecule has 0 radical (unpaired) electrons. The fraction of sp³-hybridized carbons (Fsp3) is 0.214. The summed E-state index contributed by atoms with van der Waals surface area (Å²) in [6.45, 7) is 1.98. The monoisotopic (exact) mass is 289 g/mol. The highest BCUT2D eigenvalue weighted by Crippen LogP contribution is 2.23. The summed E-state index contributed by atoms with van der Waals surface area (Å²) in [5.41, 5.74) is 0.188. The van der Waals surface area contributed by atoms with Gasteiger partial charge in [0.05, 0.1) is 5.69 Å². The number of phenolic OH excluding ortho intramolecular Hbond substituents is 1. The molecular weight excluding hydrogens is 274 g/mol.